The van der Waals surface area contributed by atoms with E-state index in [0.29, 0.717) is 29.9 Å². The van der Waals surface area contributed by atoms with Gasteiger partial charge in [-0.15, -0.1) is 0 Å². The van der Waals surface area contributed by atoms with Gasteiger partial charge >= 0.3 is 0 Å². The molecule has 172 valence electrons. The van der Waals surface area contributed by atoms with Crippen molar-refractivity contribution < 1.29 is 17.9 Å². The lowest BCUT2D eigenvalue weighted by Gasteiger charge is -2.19. The lowest BCUT2D eigenvalue weighted by atomic mass is 10.2. The number of benzene rings is 1. The number of hydrogen-bond acceptors (Lipinski definition) is 7. The first-order valence-electron chi connectivity index (χ1n) is 10.1. The number of aromatic nitrogens is 4. The van der Waals surface area contributed by atoms with Gasteiger partial charge in [-0.25, -0.2) is 13.4 Å². The summed E-state index contributed by atoms with van der Waals surface area (Å²) in [5.74, 6) is -0.0775. The quantitative estimate of drug-likeness (QED) is 0.506. The van der Waals surface area contributed by atoms with Gasteiger partial charge in [-0.1, -0.05) is 13.8 Å². The predicted octanol–water partition coefficient (Wildman–Crippen LogP) is 1.20. The van der Waals surface area contributed by atoms with Gasteiger partial charge in [0.2, 0.25) is 15.9 Å². The maximum absolute atomic E-state index is 12.8. The normalized spacial score (nSPS) is 11.8. The number of anilines is 1. The molecule has 2 heterocycles. The highest BCUT2D eigenvalue weighted by Crippen LogP contribution is 2.29. The van der Waals surface area contributed by atoms with E-state index in [1.165, 1.54) is 51.4 Å². The van der Waals surface area contributed by atoms with Gasteiger partial charge in [0.05, 0.1) is 30.2 Å². The van der Waals surface area contributed by atoms with Gasteiger partial charge in [0.25, 0.3) is 5.56 Å². The maximum Gasteiger partial charge on any atom is 0.264 e. The average molecular weight is 463 g/mol. The van der Waals surface area contributed by atoms with Crippen molar-refractivity contribution >= 4 is 32.7 Å². The van der Waals surface area contributed by atoms with Crippen LogP contribution in [-0.4, -0.2) is 58.2 Å². The second-order valence-corrected chi connectivity index (χ2v) is 8.94. The Morgan fingerprint density at radius 3 is 2.62 bits per heavy atom. The van der Waals surface area contributed by atoms with Gasteiger partial charge in [0, 0.05) is 33.1 Å². The highest BCUT2D eigenvalue weighted by molar-refractivity contribution is 7.89. The van der Waals surface area contributed by atoms with Crippen LogP contribution in [0.4, 0.5) is 5.69 Å². The molecular formula is C20H26N6O5S. The molecule has 1 amide bonds. The number of rotatable bonds is 9. The lowest BCUT2D eigenvalue weighted by molar-refractivity contribution is -0.116. The summed E-state index contributed by atoms with van der Waals surface area (Å²) >= 11 is 0. The molecule has 0 saturated heterocycles. The number of carbonyl (C=O) groups excluding carboxylic acids is 1. The zero-order valence-corrected chi connectivity index (χ0v) is 19.2. The molecular weight excluding hydrogens is 436 g/mol. The van der Waals surface area contributed by atoms with E-state index in [2.05, 4.69) is 15.4 Å². The van der Waals surface area contributed by atoms with Crippen molar-refractivity contribution in [2.24, 2.45) is 7.05 Å². The Morgan fingerprint density at radius 1 is 1.25 bits per heavy atom. The second kappa shape index (κ2) is 9.49. The molecule has 0 aliphatic heterocycles. The number of sulfonamides is 1. The molecule has 0 unspecified atom stereocenters. The highest BCUT2D eigenvalue weighted by Gasteiger charge is 2.23. The van der Waals surface area contributed by atoms with Crippen molar-refractivity contribution in [2.75, 3.05) is 25.5 Å². The van der Waals surface area contributed by atoms with Gasteiger partial charge < -0.3 is 10.1 Å². The van der Waals surface area contributed by atoms with Crippen LogP contribution in [0, 0.1) is 0 Å². The molecule has 3 rings (SSSR count). The summed E-state index contributed by atoms with van der Waals surface area (Å²) in [5.41, 5.74) is 0.409. The summed E-state index contributed by atoms with van der Waals surface area (Å²) in [6.07, 6.45) is 2.79. The van der Waals surface area contributed by atoms with Crippen molar-refractivity contribution in [1.29, 1.82) is 0 Å². The Kier molecular flexibility index (Phi) is 6.94. The van der Waals surface area contributed by atoms with Gasteiger partial charge in [0.1, 0.15) is 11.1 Å². The molecule has 0 aliphatic rings. The molecule has 3 aromatic rings. The first-order chi connectivity index (χ1) is 15.2. The Balaban J connectivity index is 1.78. The standard InChI is InChI=1S/C20H26N6O5S/c1-5-26(6-2)32(29,30)14-7-8-17(31-4)16(11-14)23-18(27)9-10-25-13-21-19-15(20(25)28)12-22-24(19)3/h7-8,11-13H,5-6,9-10H2,1-4H3,(H,23,27). The number of nitrogens with one attached hydrogen (secondary N) is 1. The third-order valence-corrected chi connectivity index (χ3v) is 7.13. The fourth-order valence-corrected chi connectivity index (χ4v) is 4.80. The van der Waals surface area contributed by atoms with E-state index in [-0.39, 0.29) is 29.1 Å². The second-order valence-electron chi connectivity index (χ2n) is 7.00. The number of fused-ring (bicyclic) bond motifs is 1. The SMILES string of the molecule is CCN(CC)S(=O)(=O)c1ccc(OC)c(NC(=O)CCn2cnc3c(cnn3C)c2=O)c1. The minimum atomic E-state index is -3.70. The summed E-state index contributed by atoms with van der Waals surface area (Å²) in [4.78, 5) is 29.4. The van der Waals surface area contributed by atoms with Gasteiger partial charge in [-0.05, 0) is 18.2 Å². The minimum absolute atomic E-state index is 0.0243. The van der Waals surface area contributed by atoms with E-state index in [4.69, 9.17) is 4.74 Å². The molecule has 1 aromatic carbocycles. The van der Waals surface area contributed by atoms with Crippen molar-refractivity contribution in [1.82, 2.24) is 23.6 Å². The number of ether oxygens (including phenoxy) is 1. The minimum Gasteiger partial charge on any atom is -0.495 e. The zero-order chi connectivity index (χ0) is 23.5. The van der Waals surface area contributed by atoms with Crippen molar-refractivity contribution in [3.05, 3.63) is 41.1 Å². The number of aryl methyl sites for hydroxylation is 2. The third kappa shape index (κ3) is 4.50. The van der Waals surface area contributed by atoms with Crippen molar-refractivity contribution in [2.45, 2.75) is 31.7 Å². The number of nitrogens with zero attached hydrogens (tertiary/aromatic N) is 5. The molecule has 0 radical (unpaired) electrons. The third-order valence-electron chi connectivity index (χ3n) is 5.09. The number of carbonyl (C=O) groups is 1. The summed E-state index contributed by atoms with van der Waals surface area (Å²) < 4.78 is 35.0. The molecule has 11 nitrogen and oxygen atoms in total. The molecule has 0 aliphatic carbocycles. The molecule has 2 aromatic heterocycles. The molecule has 0 spiro atoms. The van der Waals surface area contributed by atoms with Gasteiger partial charge in [0.15, 0.2) is 5.65 Å². The Morgan fingerprint density at radius 2 is 1.97 bits per heavy atom. The largest absolute Gasteiger partial charge is 0.495 e. The molecule has 0 fully saturated rings. The van der Waals surface area contributed by atoms with Crippen LogP contribution in [0.5, 0.6) is 5.75 Å². The molecule has 0 saturated carbocycles. The van der Waals surface area contributed by atoms with Crippen molar-refractivity contribution in [3.63, 3.8) is 0 Å². The van der Waals surface area contributed by atoms with Crippen LogP contribution in [-0.2, 0) is 28.4 Å². The molecule has 1 N–H and O–H groups in total. The number of hydrogen-bond donors (Lipinski definition) is 1. The van der Waals surface area contributed by atoms with Crippen LogP contribution >= 0.6 is 0 Å². The van der Waals surface area contributed by atoms with E-state index in [0.717, 1.165) is 0 Å². The first kappa shape index (κ1) is 23.4. The smallest absolute Gasteiger partial charge is 0.264 e. The monoisotopic (exact) mass is 462 g/mol. The van der Waals surface area contributed by atoms with Crippen LogP contribution in [0.25, 0.3) is 11.0 Å². The summed E-state index contributed by atoms with van der Waals surface area (Å²) in [5, 5.41) is 7.06. The zero-order valence-electron chi connectivity index (χ0n) is 18.4. The Bertz CT molecular complexity index is 1290. The van der Waals surface area contributed by atoms with Crippen LogP contribution in [0.2, 0.25) is 0 Å². The molecule has 32 heavy (non-hydrogen) atoms. The first-order valence-corrected chi connectivity index (χ1v) is 11.5. The van der Waals surface area contributed by atoms with E-state index in [1.807, 2.05) is 0 Å². The van der Waals surface area contributed by atoms with E-state index in [9.17, 15) is 18.0 Å². The molecule has 0 atom stereocenters. The van der Waals surface area contributed by atoms with Gasteiger partial charge in [-0.2, -0.15) is 9.40 Å². The number of amides is 1. The van der Waals surface area contributed by atoms with E-state index in [1.54, 1.807) is 20.9 Å². The predicted molar refractivity (Wildman–Crippen MR) is 119 cm³/mol. The van der Waals surface area contributed by atoms with Crippen LogP contribution in [0.1, 0.15) is 20.3 Å². The molecule has 12 heteroatoms. The highest BCUT2D eigenvalue weighted by atomic mass is 32.2. The Hall–Kier alpha value is -3.25. The van der Waals surface area contributed by atoms with Crippen LogP contribution in [0.3, 0.4) is 0 Å². The van der Waals surface area contributed by atoms with Gasteiger partial charge in [-0.3, -0.25) is 18.8 Å². The van der Waals surface area contributed by atoms with Crippen molar-refractivity contribution in [3.8, 4) is 5.75 Å². The lowest BCUT2D eigenvalue weighted by Crippen LogP contribution is -2.30. The van der Waals surface area contributed by atoms with Crippen LogP contribution in [0.15, 0.2) is 40.4 Å². The number of methoxy groups -OCH3 is 1. The average Bonchev–Trinajstić information content (AvgIpc) is 3.15. The van der Waals surface area contributed by atoms with E-state index < -0.39 is 15.9 Å². The van der Waals surface area contributed by atoms with E-state index >= 15 is 0 Å². The Labute approximate surface area is 185 Å². The maximum atomic E-state index is 12.8. The fourth-order valence-electron chi connectivity index (χ4n) is 3.32. The summed E-state index contributed by atoms with van der Waals surface area (Å²) in [6, 6.07) is 4.31. The summed E-state index contributed by atoms with van der Waals surface area (Å²) in [7, 11) is -0.582. The molecule has 0 bridgehead atoms. The topological polar surface area (TPSA) is 128 Å². The fraction of sp³-hybridized carbons (Fsp3) is 0.400. The summed E-state index contributed by atoms with van der Waals surface area (Å²) in [6.45, 7) is 4.27. The van der Waals surface area contributed by atoms with Crippen LogP contribution < -0.4 is 15.6 Å².